The Bertz CT molecular complexity index is 1160. The molecule has 1 heterocycles. The van der Waals surface area contributed by atoms with Gasteiger partial charge in [0.05, 0.1) is 12.2 Å². The Balaban J connectivity index is 1.93. The van der Waals surface area contributed by atoms with Crippen LogP contribution in [-0.4, -0.2) is 60.5 Å². The fourth-order valence-corrected chi connectivity index (χ4v) is 3.07. The third kappa shape index (κ3) is 6.54. The number of aliphatic hydroxyl groups is 1. The van der Waals surface area contributed by atoms with Crippen LogP contribution in [0.3, 0.4) is 0 Å². The number of carbonyl (C=O) groups is 2. The predicted molar refractivity (Wildman–Crippen MR) is 125 cm³/mol. The second kappa shape index (κ2) is 11.4. The van der Waals surface area contributed by atoms with Gasteiger partial charge < -0.3 is 30.5 Å². The van der Waals surface area contributed by atoms with E-state index in [1.54, 1.807) is 14.0 Å². The Morgan fingerprint density at radius 1 is 1.20 bits per heavy atom. The zero-order valence-corrected chi connectivity index (χ0v) is 19.3. The highest BCUT2D eigenvalue weighted by atomic mass is 19.1. The number of benzene rings is 2. The number of nitrogens with one attached hydrogen (secondary N) is 1. The van der Waals surface area contributed by atoms with Crippen LogP contribution in [0.5, 0.6) is 17.2 Å². The second-order valence-electron chi connectivity index (χ2n) is 7.78. The Morgan fingerprint density at radius 3 is 2.54 bits per heavy atom. The summed E-state index contributed by atoms with van der Waals surface area (Å²) in [6.07, 6.45) is 3.05. The summed E-state index contributed by atoms with van der Waals surface area (Å²) in [6, 6.07) is 5.50. The number of amides is 2. The minimum atomic E-state index is -0.960. The number of aliphatic hydroxyl groups excluding tert-OH is 1. The molecule has 4 N–H and O–H groups in total. The largest absolute Gasteiger partial charge is 0.488 e. The fourth-order valence-electron chi connectivity index (χ4n) is 3.07. The molecule has 35 heavy (non-hydrogen) atoms. The van der Waals surface area contributed by atoms with Crippen molar-refractivity contribution in [3.05, 3.63) is 65.4 Å². The van der Waals surface area contributed by atoms with Gasteiger partial charge in [0.25, 0.3) is 11.8 Å². The van der Waals surface area contributed by atoms with Gasteiger partial charge in [-0.15, -0.1) is 0 Å². The van der Waals surface area contributed by atoms with Crippen molar-refractivity contribution < 1.29 is 33.0 Å². The number of ether oxygens (including phenoxy) is 2. The summed E-state index contributed by atoms with van der Waals surface area (Å²) in [4.78, 5) is 30.1. The number of nitrogens with zero attached hydrogens (tertiary/aromatic N) is 2. The lowest BCUT2D eigenvalue weighted by molar-refractivity contribution is 0.0646. The monoisotopic (exact) mass is 488 g/mol. The van der Waals surface area contributed by atoms with Crippen LogP contribution in [0.15, 0.2) is 47.6 Å². The van der Waals surface area contributed by atoms with Crippen LogP contribution in [0.25, 0.3) is 0 Å². The van der Waals surface area contributed by atoms with E-state index < -0.39 is 40.9 Å². The average molecular weight is 488 g/mol. The molecular weight excluding hydrogens is 462 g/mol. The lowest BCUT2D eigenvalue weighted by Gasteiger charge is -2.31. The molecule has 1 aliphatic heterocycles. The minimum Gasteiger partial charge on any atom is -0.488 e. The summed E-state index contributed by atoms with van der Waals surface area (Å²) in [5.74, 6) is -3.73. The third-order valence-corrected chi connectivity index (χ3v) is 5.00. The summed E-state index contributed by atoms with van der Waals surface area (Å²) in [5.41, 5.74) is 5.30. The molecule has 0 aromatic heterocycles. The van der Waals surface area contributed by atoms with E-state index in [-0.39, 0.29) is 29.5 Å². The van der Waals surface area contributed by atoms with E-state index in [1.807, 2.05) is 0 Å². The molecule has 0 saturated carbocycles. The fraction of sp³-hybridized carbons (Fsp3) is 0.292. The van der Waals surface area contributed by atoms with Gasteiger partial charge in [-0.25, -0.2) is 8.78 Å². The van der Waals surface area contributed by atoms with Crippen LogP contribution in [0.1, 0.15) is 34.1 Å². The summed E-state index contributed by atoms with van der Waals surface area (Å²) < 4.78 is 40.4. The van der Waals surface area contributed by atoms with Crippen molar-refractivity contribution in [2.75, 3.05) is 26.7 Å². The molecule has 1 atom stereocenters. The van der Waals surface area contributed by atoms with E-state index in [1.165, 1.54) is 35.4 Å². The van der Waals surface area contributed by atoms with E-state index >= 15 is 0 Å². The molecule has 1 saturated heterocycles. The minimum absolute atomic E-state index is 0.00564. The van der Waals surface area contributed by atoms with Crippen molar-refractivity contribution >= 4 is 17.6 Å². The van der Waals surface area contributed by atoms with E-state index in [0.717, 1.165) is 18.6 Å². The molecule has 186 valence electrons. The van der Waals surface area contributed by atoms with Gasteiger partial charge in [0.1, 0.15) is 29.3 Å². The standard InChI is InChI=1S/C24H26F2N4O5/c1-14(13-31)34-16-8-15(23(32)29-22(27)4-5-28-2)9-17(10-16)35-21-12-19(25)18(11-20(21)26)24(33)30-6-3-7-30/h4-5,8-12,14,28,31H,3,6-7,13H2,1-2H3,(H2,27,29,32)/b5-4-/t14-/m0/s1. The van der Waals surface area contributed by atoms with Crippen molar-refractivity contribution in [2.45, 2.75) is 19.4 Å². The van der Waals surface area contributed by atoms with E-state index in [0.29, 0.717) is 13.1 Å². The summed E-state index contributed by atoms with van der Waals surface area (Å²) in [5, 5.41) is 12.0. The van der Waals surface area contributed by atoms with Crippen molar-refractivity contribution in [1.29, 1.82) is 0 Å². The summed E-state index contributed by atoms with van der Waals surface area (Å²) in [7, 11) is 1.65. The number of amidine groups is 1. The molecule has 9 nitrogen and oxygen atoms in total. The van der Waals surface area contributed by atoms with E-state index in [2.05, 4.69) is 10.3 Å². The molecule has 0 bridgehead atoms. The quantitative estimate of drug-likeness (QED) is 0.366. The first kappa shape index (κ1) is 25.6. The Kier molecular flexibility index (Phi) is 8.37. The van der Waals surface area contributed by atoms with E-state index in [4.69, 9.17) is 15.2 Å². The Morgan fingerprint density at radius 2 is 1.91 bits per heavy atom. The molecule has 11 heteroatoms. The third-order valence-electron chi connectivity index (χ3n) is 5.00. The van der Waals surface area contributed by atoms with Crippen molar-refractivity contribution in [2.24, 2.45) is 10.7 Å². The molecule has 2 amide bonds. The molecule has 1 fully saturated rings. The molecule has 3 rings (SSSR count). The first-order chi connectivity index (χ1) is 16.7. The topological polar surface area (TPSA) is 126 Å². The lowest BCUT2D eigenvalue weighted by Crippen LogP contribution is -2.42. The molecule has 0 aliphatic carbocycles. The van der Waals surface area contributed by atoms with Crippen LogP contribution >= 0.6 is 0 Å². The molecule has 0 spiro atoms. The number of hydrogen-bond donors (Lipinski definition) is 3. The highest BCUT2D eigenvalue weighted by molar-refractivity contribution is 6.06. The zero-order valence-electron chi connectivity index (χ0n) is 19.3. The van der Waals surface area contributed by atoms with Crippen LogP contribution in [0, 0.1) is 11.6 Å². The highest BCUT2D eigenvalue weighted by Crippen LogP contribution is 2.32. The average Bonchev–Trinajstić information content (AvgIpc) is 2.78. The summed E-state index contributed by atoms with van der Waals surface area (Å²) in [6.45, 7) is 2.27. The lowest BCUT2D eigenvalue weighted by atomic mass is 10.1. The summed E-state index contributed by atoms with van der Waals surface area (Å²) >= 11 is 0. The Hall–Kier alpha value is -3.99. The normalized spacial score (nSPS) is 14.4. The van der Waals surface area contributed by atoms with Crippen LogP contribution in [0.2, 0.25) is 0 Å². The highest BCUT2D eigenvalue weighted by Gasteiger charge is 2.26. The molecule has 2 aromatic rings. The van der Waals surface area contributed by atoms with Gasteiger partial charge >= 0.3 is 0 Å². The van der Waals surface area contributed by atoms with Gasteiger partial charge in [0.2, 0.25) is 0 Å². The molecule has 2 aromatic carbocycles. The number of likely N-dealkylation sites (tertiary alicyclic amines) is 1. The number of rotatable bonds is 9. The smallest absolute Gasteiger partial charge is 0.279 e. The number of nitrogens with two attached hydrogens (primary N) is 1. The first-order valence-electron chi connectivity index (χ1n) is 10.8. The van der Waals surface area contributed by atoms with Gasteiger partial charge in [-0.2, -0.15) is 4.99 Å². The second-order valence-corrected chi connectivity index (χ2v) is 7.78. The van der Waals surface area contributed by atoms with Crippen LogP contribution in [-0.2, 0) is 0 Å². The zero-order chi connectivity index (χ0) is 25.5. The van der Waals surface area contributed by atoms with Crippen molar-refractivity contribution in [1.82, 2.24) is 10.2 Å². The maximum absolute atomic E-state index is 14.7. The van der Waals surface area contributed by atoms with Crippen molar-refractivity contribution in [3.63, 3.8) is 0 Å². The maximum atomic E-state index is 14.7. The maximum Gasteiger partial charge on any atom is 0.279 e. The van der Waals surface area contributed by atoms with Gasteiger partial charge in [-0.3, -0.25) is 9.59 Å². The SMILES string of the molecule is CN/C=C\C(N)=NC(=O)c1cc(Oc2cc(F)c(C(=O)N3CCC3)cc2F)cc(O[C@@H](C)CO)c1. The predicted octanol–water partition coefficient (Wildman–Crippen LogP) is 2.59. The number of hydrogen-bond acceptors (Lipinski definition) is 6. The number of aliphatic imine (C=N–C) groups is 1. The van der Waals surface area contributed by atoms with Crippen LogP contribution < -0.4 is 20.5 Å². The number of halogens is 2. The van der Waals surface area contributed by atoms with Crippen molar-refractivity contribution in [3.8, 4) is 17.2 Å². The van der Waals surface area contributed by atoms with E-state index in [9.17, 15) is 23.5 Å². The molecular formula is C24H26F2N4O5. The van der Waals surface area contributed by atoms with Gasteiger partial charge in [0.15, 0.2) is 11.6 Å². The Labute approximate surface area is 200 Å². The van der Waals surface area contributed by atoms with Gasteiger partial charge in [0, 0.05) is 37.8 Å². The van der Waals surface area contributed by atoms with Gasteiger partial charge in [-0.1, -0.05) is 0 Å². The number of carbonyl (C=O) groups excluding carboxylic acids is 2. The first-order valence-corrected chi connectivity index (χ1v) is 10.8. The van der Waals surface area contributed by atoms with Gasteiger partial charge in [-0.05, 0) is 43.8 Å². The molecule has 0 unspecified atom stereocenters. The van der Waals surface area contributed by atoms with Crippen LogP contribution in [0.4, 0.5) is 8.78 Å². The molecule has 0 radical (unpaired) electrons. The molecule has 1 aliphatic rings.